The monoisotopic (exact) mass is 271 g/mol. The van der Waals surface area contributed by atoms with Crippen molar-refractivity contribution in [3.05, 3.63) is 17.6 Å². The zero-order valence-electron chi connectivity index (χ0n) is 9.63. The maximum Gasteiger partial charge on any atom is 0.147 e. The van der Waals surface area contributed by atoms with E-state index in [4.69, 9.17) is 0 Å². The number of halogens is 1. The van der Waals surface area contributed by atoms with Crippen molar-refractivity contribution in [2.45, 2.75) is 27.2 Å². The molecule has 0 unspecified atom stereocenters. The van der Waals surface area contributed by atoms with Gasteiger partial charge in [0.2, 0.25) is 0 Å². The molecule has 0 bridgehead atoms. The Morgan fingerprint density at radius 2 is 2.07 bits per heavy atom. The molecule has 0 amide bonds. The molecule has 0 saturated heterocycles. The summed E-state index contributed by atoms with van der Waals surface area (Å²) in [5, 5.41) is 1.03. The van der Waals surface area contributed by atoms with Gasteiger partial charge in [-0.2, -0.15) is 0 Å². The molecule has 0 saturated carbocycles. The van der Waals surface area contributed by atoms with E-state index in [0.717, 1.165) is 42.0 Å². The van der Waals surface area contributed by atoms with Gasteiger partial charge in [0.1, 0.15) is 5.82 Å². The van der Waals surface area contributed by atoms with Gasteiger partial charge in [-0.1, -0.05) is 15.9 Å². The molecular formula is C11H18BrN3. The van der Waals surface area contributed by atoms with Crippen molar-refractivity contribution < 1.29 is 0 Å². The lowest BCUT2D eigenvalue weighted by Crippen LogP contribution is -2.25. The fourth-order valence-electron chi connectivity index (χ4n) is 1.37. The van der Waals surface area contributed by atoms with E-state index in [1.165, 1.54) is 0 Å². The van der Waals surface area contributed by atoms with E-state index >= 15 is 0 Å². The van der Waals surface area contributed by atoms with E-state index in [1.54, 1.807) is 0 Å². The van der Waals surface area contributed by atoms with Crippen molar-refractivity contribution in [2.75, 3.05) is 23.3 Å². The van der Waals surface area contributed by atoms with Gasteiger partial charge in [0.15, 0.2) is 0 Å². The van der Waals surface area contributed by atoms with Gasteiger partial charge in [-0.05, 0) is 27.2 Å². The molecular weight excluding hydrogens is 254 g/mol. The molecule has 1 aromatic rings. The maximum atomic E-state index is 4.54. The molecule has 0 aliphatic rings. The highest BCUT2D eigenvalue weighted by Crippen LogP contribution is 2.12. The summed E-state index contributed by atoms with van der Waals surface area (Å²) in [6.45, 7) is 8.14. The van der Waals surface area contributed by atoms with Crippen LogP contribution in [0.3, 0.4) is 0 Å². The van der Waals surface area contributed by atoms with Gasteiger partial charge in [-0.25, -0.2) is 4.98 Å². The molecule has 1 rings (SSSR count). The van der Waals surface area contributed by atoms with Gasteiger partial charge >= 0.3 is 0 Å². The van der Waals surface area contributed by atoms with E-state index in [0.29, 0.717) is 0 Å². The first kappa shape index (κ1) is 12.4. The maximum absolute atomic E-state index is 4.54. The Bertz CT molecular complexity index is 315. The van der Waals surface area contributed by atoms with E-state index in [2.05, 4.69) is 37.7 Å². The molecule has 0 N–H and O–H groups in total. The number of hydrogen-bond donors (Lipinski definition) is 0. The number of rotatable bonds is 5. The molecule has 0 aliphatic heterocycles. The predicted octanol–water partition coefficient (Wildman–Crippen LogP) is 2.70. The first-order valence-corrected chi connectivity index (χ1v) is 6.42. The molecule has 84 valence electrons. The topological polar surface area (TPSA) is 29.0 Å². The molecule has 15 heavy (non-hydrogen) atoms. The average Bonchev–Trinajstić information content (AvgIpc) is 2.24. The van der Waals surface area contributed by atoms with E-state index in [-0.39, 0.29) is 0 Å². The molecule has 3 nitrogen and oxygen atoms in total. The number of alkyl halides is 1. The van der Waals surface area contributed by atoms with E-state index < -0.39 is 0 Å². The molecule has 0 aliphatic carbocycles. The highest BCUT2D eigenvalue weighted by atomic mass is 79.9. The zero-order valence-corrected chi connectivity index (χ0v) is 11.2. The Morgan fingerprint density at radius 3 is 2.60 bits per heavy atom. The standard InChI is InChI=1S/C11H18BrN3/c1-4-15(7-5-6-12)11-8-13-9(2)10(3)14-11/h8H,4-7H2,1-3H3. The molecule has 0 radical (unpaired) electrons. The van der Waals surface area contributed by atoms with Crippen LogP contribution in [0, 0.1) is 13.8 Å². The lowest BCUT2D eigenvalue weighted by atomic mass is 10.3. The van der Waals surface area contributed by atoms with Crippen LogP contribution in [0.15, 0.2) is 6.20 Å². The summed E-state index contributed by atoms with van der Waals surface area (Å²) < 4.78 is 0. The van der Waals surface area contributed by atoms with Crippen LogP contribution in [0.1, 0.15) is 24.7 Å². The summed E-state index contributed by atoms with van der Waals surface area (Å²) in [6.07, 6.45) is 2.99. The molecule has 4 heteroatoms. The van der Waals surface area contributed by atoms with Crippen LogP contribution in [0.4, 0.5) is 5.82 Å². The fourth-order valence-corrected chi connectivity index (χ4v) is 1.62. The second kappa shape index (κ2) is 6.05. The minimum atomic E-state index is 0.976. The molecule has 0 fully saturated rings. The van der Waals surface area contributed by atoms with Crippen LogP contribution in [-0.2, 0) is 0 Å². The third-order valence-corrected chi connectivity index (χ3v) is 3.01. The lowest BCUT2D eigenvalue weighted by Gasteiger charge is -2.21. The highest BCUT2D eigenvalue weighted by molar-refractivity contribution is 9.09. The number of nitrogens with zero attached hydrogens (tertiary/aromatic N) is 3. The zero-order chi connectivity index (χ0) is 11.3. The van der Waals surface area contributed by atoms with Crippen molar-refractivity contribution in [1.29, 1.82) is 0 Å². The van der Waals surface area contributed by atoms with Crippen molar-refractivity contribution in [1.82, 2.24) is 9.97 Å². The predicted molar refractivity (Wildman–Crippen MR) is 67.8 cm³/mol. The van der Waals surface area contributed by atoms with Crippen molar-refractivity contribution >= 4 is 21.7 Å². The molecule has 0 spiro atoms. The summed E-state index contributed by atoms with van der Waals surface area (Å²) in [6, 6.07) is 0. The Labute approximate surface area is 100 Å². The Morgan fingerprint density at radius 1 is 1.33 bits per heavy atom. The summed E-state index contributed by atoms with van der Waals surface area (Å²) in [4.78, 5) is 11.1. The Balaban J connectivity index is 2.78. The van der Waals surface area contributed by atoms with Crippen LogP contribution in [0.25, 0.3) is 0 Å². The molecule has 1 aromatic heterocycles. The van der Waals surface area contributed by atoms with Gasteiger partial charge in [-0.15, -0.1) is 0 Å². The minimum absolute atomic E-state index is 0.976. The van der Waals surface area contributed by atoms with Gasteiger partial charge < -0.3 is 4.90 Å². The summed E-state index contributed by atoms with van der Waals surface area (Å²) in [5.41, 5.74) is 2.03. The third kappa shape index (κ3) is 3.45. The summed E-state index contributed by atoms with van der Waals surface area (Å²) in [7, 11) is 0. The SMILES string of the molecule is CCN(CCCBr)c1cnc(C)c(C)n1. The first-order valence-electron chi connectivity index (χ1n) is 5.30. The van der Waals surface area contributed by atoms with Crippen LogP contribution >= 0.6 is 15.9 Å². The van der Waals surface area contributed by atoms with Gasteiger partial charge in [0.25, 0.3) is 0 Å². The Hall–Kier alpha value is -0.640. The Kier molecular flexibility index (Phi) is 5.02. The van der Waals surface area contributed by atoms with Gasteiger partial charge in [-0.3, -0.25) is 4.98 Å². The van der Waals surface area contributed by atoms with Crippen LogP contribution < -0.4 is 4.90 Å². The fraction of sp³-hybridized carbons (Fsp3) is 0.636. The quantitative estimate of drug-likeness (QED) is 0.772. The molecule has 0 atom stereocenters. The molecule has 0 aromatic carbocycles. The average molecular weight is 272 g/mol. The number of anilines is 1. The number of aromatic nitrogens is 2. The summed E-state index contributed by atoms with van der Waals surface area (Å²) >= 11 is 3.44. The lowest BCUT2D eigenvalue weighted by molar-refractivity contribution is 0.777. The van der Waals surface area contributed by atoms with Gasteiger partial charge in [0, 0.05) is 18.4 Å². The van der Waals surface area contributed by atoms with Crippen LogP contribution in [0.2, 0.25) is 0 Å². The van der Waals surface area contributed by atoms with Crippen molar-refractivity contribution in [3.63, 3.8) is 0 Å². The van der Waals surface area contributed by atoms with Crippen molar-refractivity contribution in [2.24, 2.45) is 0 Å². The normalized spacial score (nSPS) is 10.4. The van der Waals surface area contributed by atoms with Crippen LogP contribution in [0.5, 0.6) is 0 Å². The van der Waals surface area contributed by atoms with E-state index in [9.17, 15) is 0 Å². The largest absolute Gasteiger partial charge is 0.356 e. The second-order valence-electron chi connectivity index (χ2n) is 3.52. The number of aryl methyl sites for hydroxylation is 2. The van der Waals surface area contributed by atoms with E-state index in [1.807, 2.05) is 20.0 Å². The summed E-state index contributed by atoms with van der Waals surface area (Å²) in [5.74, 6) is 0.988. The minimum Gasteiger partial charge on any atom is -0.356 e. The highest BCUT2D eigenvalue weighted by Gasteiger charge is 2.06. The smallest absolute Gasteiger partial charge is 0.147 e. The second-order valence-corrected chi connectivity index (χ2v) is 4.31. The third-order valence-electron chi connectivity index (χ3n) is 2.45. The first-order chi connectivity index (χ1) is 7.19. The van der Waals surface area contributed by atoms with Crippen LogP contribution in [-0.4, -0.2) is 28.4 Å². The van der Waals surface area contributed by atoms with Gasteiger partial charge in [0.05, 0.1) is 17.6 Å². The molecule has 1 heterocycles. The van der Waals surface area contributed by atoms with Crippen molar-refractivity contribution in [3.8, 4) is 0 Å². The number of hydrogen-bond acceptors (Lipinski definition) is 3.